The molecule has 0 aromatic heterocycles. The van der Waals surface area contributed by atoms with Crippen LogP contribution >= 0.6 is 23.2 Å². The van der Waals surface area contributed by atoms with Gasteiger partial charge in [0.1, 0.15) is 11.4 Å². The lowest BCUT2D eigenvalue weighted by Gasteiger charge is -2.24. The van der Waals surface area contributed by atoms with Crippen molar-refractivity contribution < 1.29 is 17.9 Å². The molecule has 1 aliphatic heterocycles. The van der Waals surface area contributed by atoms with Gasteiger partial charge in [0, 0.05) is 28.5 Å². The molecule has 5 rings (SSSR count). The number of carbonyl (C=O) groups is 1. The van der Waals surface area contributed by atoms with Crippen molar-refractivity contribution in [3.63, 3.8) is 0 Å². The van der Waals surface area contributed by atoms with Crippen LogP contribution in [-0.2, 0) is 22.9 Å². The zero-order chi connectivity index (χ0) is 26.2. The van der Waals surface area contributed by atoms with E-state index in [0.717, 1.165) is 40.8 Å². The lowest BCUT2D eigenvalue weighted by Crippen LogP contribution is -2.32. The van der Waals surface area contributed by atoms with Crippen molar-refractivity contribution in [1.29, 1.82) is 0 Å². The van der Waals surface area contributed by atoms with Gasteiger partial charge in [0.05, 0.1) is 4.90 Å². The van der Waals surface area contributed by atoms with Gasteiger partial charge < -0.3 is 4.74 Å². The molecule has 4 aromatic rings. The largest absolute Gasteiger partial charge is 0.487 e. The van der Waals surface area contributed by atoms with Gasteiger partial charge in [-0.05, 0) is 89.8 Å². The molecule has 0 radical (unpaired) electrons. The number of nitrogens with one attached hydrogen (secondary N) is 1. The molecule has 1 heterocycles. The summed E-state index contributed by atoms with van der Waals surface area (Å²) in [6.45, 7) is 2.09. The van der Waals surface area contributed by atoms with Crippen LogP contribution in [-0.4, -0.2) is 19.9 Å². The first kappa shape index (κ1) is 25.3. The SMILES string of the molecule is C[C@@]1(Cc2ccc(Cl)cc2)Cc2cc(-c3cccc(C(=O)NS(=O)(=O)c4ccc(Cl)cc4)c3)ccc2O1. The summed E-state index contributed by atoms with van der Waals surface area (Å²) in [4.78, 5) is 12.8. The van der Waals surface area contributed by atoms with E-state index in [1.807, 2.05) is 42.5 Å². The number of rotatable bonds is 6. The van der Waals surface area contributed by atoms with E-state index in [4.69, 9.17) is 27.9 Å². The number of fused-ring (bicyclic) bond motifs is 1. The Bertz CT molecular complexity index is 1590. The minimum atomic E-state index is -4.03. The molecular weight excluding hydrogens is 529 g/mol. The van der Waals surface area contributed by atoms with Crippen molar-refractivity contribution in [2.45, 2.75) is 30.3 Å². The van der Waals surface area contributed by atoms with Gasteiger partial charge in [-0.15, -0.1) is 0 Å². The molecular formula is C29H23Cl2NO4S. The third-order valence-electron chi connectivity index (χ3n) is 6.28. The molecule has 0 unspecified atom stereocenters. The van der Waals surface area contributed by atoms with Crippen LogP contribution in [0.4, 0.5) is 0 Å². The van der Waals surface area contributed by atoms with E-state index in [9.17, 15) is 13.2 Å². The van der Waals surface area contributed by atoms with E-state index in [0.29, 0.717) is 10.0 Å². The van der Waals surface area contributed by atoms with Crippen LogP contribution in [0.3, 0.4) is 0 Å². The Kier molecular flexibility index (Phi) is 6.75. The fourth-order valence-electron chi connectivity index (χ4n) is 4.53. The van der Waals surface area contributed by atoms with Crippen LogP contribution in [0.1, 0.15) is 28.4 Å². The summed E-state index contributed by atoms with van der Waals surface area (Å²) in [6, 6.07) is 26.2. The number of benzene rings is 4. The van der Waals surface area contributed by atoms with E-state index in [2.05, 4.69) is 17.7 Å². The lowest BCUT2D eigenvalue weighted by molar-refractivity contribution is 0.0981. The molecule has 37 heavy (non-hydrogen) atoms. The average Bonchev–Trinajstić information content (AvgIpc) is 3.20. The second-order valence-electron chi connectivity index (χ2n) is 9.32. The molecule has 0 aliphatic carbocycles. The standard InChI is InChI=1S/C29H23Cl2NO4S/c1-29(17-19-5-8-24(30)9-6-19)18-23-16-21(7-14-27(23)36-29)20-3-2-4-22(15-20)28(33)32-37(34,35)26-12-10-25(31)11-13-26/h2-16H,17-18H2,1H3,(H,32,33)/t29-/m1/s1. The Morgan fingerprint density at radius 1 is 0.892 bits per heavy atom. The highest BCUT2D eigenvalue weighted by Crippen LogP contribution is 2.39. The van der Waals surface area contributed by atoms with E-state index in [1.165, 1.54) is 24.3 Å². The average molecular weight is 552 g/mol. The van der Waals surface area contributed by atoms with E-state index in [-0.39, 0.29) is 16.1 Å². The molecule has 188 valence electrons. The molecule has 4 aromatic carbocycles. The Morgan fingerprint density at radius 3 is 2.24 bits per heavy atom. The highest BCUT2D eigenvalue weighted by Gasteiger charge is 2.35. The van der Waals surface area contributed by atoms with E-state index in [1.54, 1.807) is 18.2 Å². The summed E-state index contributed by atoms with van der Waals surface area (Å²) in [5.41, 5.74) is 3.78. The number of ether oxygens (including phenoxy) is 1. The van der Waals surface area contributed by atoms with Gasteiger partial charge in [0.25, 0.3) is 15.9 Å². The molecule has 0 spiro atoms. The quantitative estimate of drug-likeness (QED) is 0.289. The normalized spacial score (nSPS) is 16.6. The molecule has 8 heteroatoms. The monoisotopic (exact) mass is 551 g/mol. The third kappa shape index (κ3) is 5.67. The highest BCUT2D eigenvalue weighted by molar-refractivity contribution is 7.90. The highest BCUT2D eigenvalue weighted by atomic mass is 35.5. The zero-order valence-corrected chi connectivity index (χ0v) is 22.2. The Balaban J connectivity index is 1.33. The van der Waals surface area contributed by atoms with Crippen LogP contribution in [0.2, 0.25) is 10.0 Å². The van der Waals surface area contributed by atoms with Crippen molar-refractivity contribution in [2.24, 2.45) is 0 Å². The van der Waals surface area contributed by atoms with Crippen molar-refractivity contribution in [1.82, 2.24) is 4.72 Å². The molecule has 1 aliphatic rings. The van der Waals surface area contributed by atoms with Crippen LogP contribution in [0.15, 0.2) is 95.9 Å². The van der Waals surface area contributed by atoms with Gasteiger partial charge >= 0.3 is 0 Å². The molecule has 5 nitrogen and oxygen atoms in total. The van der Waals surface area contributed by atoms with Crippen molar-refractivity contribution in [2.75, 3.05) is 0 Å². The van der Waals surface area contributed by atoms with Crippen LogP contribution < -0.4 is 9.46 Å². The molecule has 0 saturated heterocycles. The molecule has 1 N–H and O–H groups in total. The van der Waals surface area contributed by atoms with Crippen molar-refractivity contribution >= 4 is 39.1 Å². The molecule has 1 amide bonds. The first-order valence-electron chi connectivity index (χ1n) is 11.6. The van der Waals surface area contributed by atoms with Crippen LogP contribution in [0.5, 0.6) is 5.75 Å². The summed E-state index contributed by atoms with van der Waals surface area (Å²) in [5, 5.41) is 1.11. The van der Waals surface area contributed by atoms with Crippen molar-refractivity contribution in [3.05, 3.63) is 118 Å². The maximum atomic E-state index is 12.8. The Labute approximate surface area is 226 Å². The molecule has 0 saturated carbocycles. The minimum Gasteiger partial charge on any atom is -0.487 e. The summed E-state index contributed by atoms with van der Waals surface area (Å²) in [6.07, 6.45) is 1.48. The molecule has 1 atom stereocenters. The number of sulfonamides is 1. The van der Waals surface area contributed by atoms with E-state index < -0.39 is 15.9 Å². The van der Waals surface area contributed by atoms with Crippen molar-refractivity contribution in [3.8, 4) is 16.9 Å². The van der Waals surface area contributed by atoms with Gasteiger partial charge in [-0.25, -0.2) is 13.1 Å². The summed E-state index contributed by atoms with van der Waals surface area (Å²) < 4.78 is 33.7. The predicted octanol–water partition coefficient (Wildman–Crippen LogP) is 6.72. The van der Waals surface area contributed by atoms with Gasteiger partial charge in [-0.1, -0.05) is 53.5 Å². The van der Waals surface area contributed by atoms with Gasteiger partial charge in [-0.3, -0.25) is 4.79 Å². The smallest absolute Gasteiger partial charge is 0.265 e. The number of carbonyl (C=O) groups excluding carboxylic acids is 1. The van der Waals surface area contributed by atoms with Crippen LogP contribution in [0.25, 0.3) is 11.1 Å². The molecule has 0 fully saturated rings. The molecule has 0 bridgehead atoms. The summed E-state index contributed by atoms with van der Waals surface area (Å²) in [7, 11) is -4.03. The number of hydrogen-bond acceptors (Lipinski definition) is 4. The second kappa shape index (κ2) is 9.86. The summed E-state index contributed by atoms with van der Waals surface area (Å²) >= 11 is 11.9. The number of amides is 1. The zero-order valence-electron chi connectivity index (χ0n) is 19.9. The van der Waals surface area contributed by atoms with Gasteiger partial charge in [0.2, 0.25) is 0 Å². The fraction of sp³-hybridized carbons (Fsp3) is 0.138. The first-order valence-corrected chi connectivity index (χ1v) is 13.8. The third-order valence-corrected chi connectivity index (χ3v) is 8.13. The van der Waals surface area contributed by atoms with Crippen LogP contribution in [0, 0.1) is 0 Å². The van der Waals surface area contributed by atoms with Gasteiger partial charge in [0.15, 0.2) is 0 Å². The Morgan fingerprint density at radius 2 is 1.54 bits per heavy atom. The lowest BCUT2D eigenvalue weighted by atomic mass is 9.91. The minimum absolute atomic E-state index is 0.0401. The Hall–Kier alpha value is -3.32. The maximum absolute atomic E-state index is 12.8. The first-order chi connectivity index (χ1) is 17.6. The summed E-state index contributed by atoms with van der Waals surface area (Å²) in [5.74, 6) is 0.125. The second-order valence-corrected chi connectivity index (χ2v) is 11.9. The maximum Gasteiger partial charge on any atom is 0.265 e. The predicted molar refractivity (Wildman–Crippen MR) is 146 cm³/mol. The fourth-order valence-corrected chi connectivity index (χ4v) is 5.75. The number of halogens is 2. The number of hydrogen-bond donors (Lipinski definition) is 1. The van der Waals surface area contributed by atoms with E-state index >= 15 is 0 Å². The van der Waals surface area contributed by atoms with Gasteiger partial charge in [-0.2, -0.15) is 0 Å². The topological polar surface area (TPSA) is 72.5 Å².